The number of hydrogen-bond donors (Lipinski definition) is 1. The van der Waals surface area contributed by atoms with Crippen LogP contribution in [0.4, 0.5) is 11.4 Å². The molecule has 0 radical (unpaired) electrons. The number of aldehydes is 1. The summed E-state index contributed by atoms with van der Waals surface area (Å²) in [6.45, 7) is 3.78. The standard InChI is InChI=1S/C13H13N3O/c1-9-13(7-14-10(2)15-9)16-12-5-3-11(8-17)4-6-12/h3-8,16H,1-2H3. The van der Waals surface area contributed by atoms with Crippen LogP contribution in [0, 0.1) is 13.8 Å². The summed E-state index contributed by atoms with van der Waals surface area (Å²) < 4.78 is 0. The van der Waals surface area contributed by atoms with Crippen molar-refractivity contribution >= 4 is 17.7 Å². The molecule has 0 unspecified atom stereocenters. The molecular formula is C13H13N3O. The van der Waals surface area contributed by atoms with Gasteiger partial charge in [-0.15, -0.1) is 0 Å². The second-order valence-electron chi connectivity index (χ2n) is 3.78. The number of anilines is 2. The summed E-state index contributed by atoms with van der Waals surface area (Å²) in [5.74, 6) is 0.754. The lowest BCUT2D eigenvalue weighted by Crippen LogP contribution is -1.98. The first-order chi connectivity index (χ1) is 8.19. The normalized spacial score (nSPS) is 10.0. The van der Waals surface area contributed by atoms with E-state index in [0.717, 1.165) is 29.2 Å². The number of carbonyl (C=O) groups is 1. The summed E-state index contributed by atoms with van der Waals surface area (Å²) in [4.78, 5) is 18.9. The number of benzene rings is 1. The summed E-state index contributed by atoms with van der Waals surface area (Å²) in [6.07, 6.45) is 2.58. The van der Waals surface area contributed by atoms with Gasteiger partial charge in [0, 0.05) is 11.3 Å². The van der Waals surface area contributed by atoms with Gasteiger partial charge in [0.1, 0.15) is 12.1 Å². The van der Waals surface area contributed by atoms with E-state index in [-0.39, 0.29) is 0 Å². The molecule has 0 atom stereocenters. The molecule has 4 nitrogen and oxygen atoms in total. The van der Waals surface area contributed by atoms with Crippen molar-refractivity contribution in [1.82, 2.24) is 9.97 Å². The number of rotatable bonds is 3. The van der Waals surface area contributed by atoms with Gasteiger partial charge in [0.25, 0.3) is 0 Å². The minimum absolute atomic E-state index is 0.660. The summed E-state index contributed by atoms with van der Waals surface area (Å²) >= 11 is 0. The number of aromatic nitrogens is 2. The maximum Gasteiger partial charge on any atom is 0.150 e. The van der Waals surface area contributed by atoms with Gasteiger partial charge in [-0.2, -0.15) is 0 Å². The Bertz CT molecular complexity index is 535. The van der Waals surface area contributed by atoms with Gasteiger partial charge in [0.05, 0.1) is 17.6 Å². The van der Waals surface area contributed by atoms with Crippen LogP contribution in [0.3, 0.4) is 0 Å². The molecule has 1 aromatic heterocycles. The maximum atomic E-state index is 10.5. The molecule has 0 aliphatic heterocycles. The Morgan fingerprint density at radius 2 is 1.88 bits per heavy atom. The van der Waals surface area contributed by atoms with Crippen molar-refractivity contribution in [3.05, 3.63) is 47.5 Å². The van der Waals surface area contributed by atoms with Crippen LogP contribution in [-0.4, -0.2) is 16.3 Å². The van der Waals surface area contributed by atoms with Crippen LogP contribution < -0.4 is 5.32 Å². The molecule has 0 amide bonds. The molecule has 1 N–H and O–H groups in total. The van der Waals surface area contributed by atoms with Crippen LogP contribution >= 0.6 is 0 Å². The van der Waals surface area contributed by atoms with Gasteiger partial charge in [-0.25, -0.2) is 9.97 Å². The van der Waals surface area contributed by atoms with Crippen molar-refractivity contribution in [3.63, 3.8) is 0 Å². The highest BCUT2D eigenvalue weighted by Crippen LogP contribution is 2.18. The smallest absolute Gasteiger partial charge is 0.150 e. The van der Waals surface area contributed by atoms with Crippen LogP contribution in [0.2, 0.25) is 0 Å². The minimum atomic E-state index is 0.660. The molecule has 0 bridgehead atoms. The predicted molar refractivity (Wildman–Crippen MR) is 66.6 cm³/mol. The zero-order chi connectivity index (χ0) is 12.3. The monoisotopic (exact) mass is 227 g/mol. The Morgan fingerprint density at radius 1 is 1.18 bits per heavy atom. The van der Waals surface area contributed by atoms with E-state index in [1.807, 2.05) is 26.0 Å². The molecule has 0 aliphatic carbocycles. The fourth-order valence-corrected chi connectivity index (χ4v) is 1.51. The Hall–Kier alpha value is -2.23. The van der Waals surface area contributed by atoms with Gasteiger partial charge in [-0.1, -0.05) is 0 Å². The zero-order valence-corrected chi connectivity index (χ0v) is 9.77. The highest BCUT2D eigenvalue weighted by molar-refractivity contribution is 5.76. The first-order valence-electron chi connectivity index (χ1n) is 5.31. The topological polar surface area (TPSA) is 54.9 Å². The highest BCUT2D eigenvalue weighted by atomic mass is 16.1. The van der Waals surface area contributed by atoms with Crippen LogP contribution in [0.1, 0.15) is 21.9 Å². The van der Waals surface area contributed by atoms with E-state index in [0.29, 0.717) is 5.56 Å². The molecule has 0 saturated carbocycles. The molecule has 17 heavy (non-hydrogen) atoms. The SMILES string of the molecule is Cc1ncc(Nc2ccc(C=O)cc2)c(C)n1. The number of carbonyl (C=O) groups excluding carboxylic acids is 1. The fraction of sp³-hybridized carbons (Fsp3) is 0.154. The molecule has 0 spiro atoms. The lowest BCUT2D eigenvalue weighted by molar-refractivity contribution is 0.112. The first-order valence-corrected chi connectivity index (χ1v) is 5.31. The first kappa shape index (κ1) is 11.3. The average Bonchev–Trinajstić information content (AvgIpc) is 2.34. The summed E-state index contributed by atoms with van der Waals surface area (Å²) in [5.41, 5.74) is 3.34. The molecule has 4 heteroatoms. The number of nitrogens with zero attached hydrogens (tertiary/aromatic N) is 2. The van der Waals surface area contributed by atoms with Crippen molar-refractivity contribution in [3.8, 4) is 0 Å². The van der Waals surface area contributed by atoms with E-state index in [4.69, 9.17) is 0 Å². The van der Waals surface area contributed by atoms with Crippen molar-refractivity contribution in [2.45, 2.75) is 13.8 Å². The van der Waals surface area contributed by atoms with Gasteiger partial charge < -0.3 is 5.32 Å². The fourth-order valence-electron chi connectivity index (χ4n) is 1.51. The van der Waals surface area contributed by atoms with Gasteiger partial charge in [-0.05, 0) is 38.1 Å². The molecule has 2 aromatic rings. The summed E-state index contributed by atoms with van der Waals surface area (Å²) in [6, 6.07) is 7.23. The molecule has 2 rings (SSSR count). The van der Waals surface area contributed by atoms with Gasteiger partial charge >= 0.3 is 0 Å². The van der Waals surface area contributed by atoms with E-state index >= 15 is 0 Å². The average molecular weight is 227 g/mol. The predicted octanol–water partition coefficient (Wildman–Crippen LogP) is 2.65. The molecule has 1 heterocycles. The largest absolute Gasteiger partial charge is 0.353 e. The van der Waals surface area contributed by atoms with Gasteiger partial charge in [0.15, 0.2) is 0 Å². The van der Waals surface area contributed by atoms with Crippen molar-refractivity contribution in [2.75, 3.05) is 5.32 Å². The van der Waals surface area contributed by atoms with E-state index in [1.165, 1.54) is 0 Å². The van der Waals surface area contributed by atoms with Crippen LogP contribution in [0.15, 0.2) is 30.5 Å². The van der Waals surface area contributed by atoms with Gasteiger partial charge in [-0.3, -0.25) is 4.79 Å². The highest BCUT2D eigenvalue weighted by Gasteiger charge is 2.01. The molecule has 1 aromatic carbocycles. The molecule has 0 fully saturated rings. The van der Waals surface area contributed by atoms with E-state index in [9.17, 15) is 4.79 Å². The second kappa shape index (κ2) is 4.74. The maximum absolute atomic E-state index is 10.5. The summed E-state index contributed by atoms with van der Waals surface area (Å²) in [7, 11) is 0. The Morgan fingerprint density at radius 3 is 2.47 bits per heavy atom. The Labute approximate surface area is 99.7 Å². The van der Waals surface area contributed by atoms with Gasteiger partial charge in [0.2, 0.25) is 0 Å². The zero-order valence-electron chi connectivity index (χ0n) is 9.77. The number of aryl methyl sites for hydroxylation is 2. The summed E-state index contributed by atoms with van der Waals surface area (Å²) in [5, 5.41) is 3.21. The third kappa shape index (κ3) is 2.66. The Kier molecular flexibility index (Phi) is 3.14. The third-order valence-electron chi connectivity index (χ3n) is 2.43. The lowest BCUT2D eigenvalue weighted by Gasteiger charge is -2.08. The molecular weight excluding hydrogens is 214 g/mol. The van der Waals surface area contributed by atoms with Crippen LogP contribution in [0.5, 0.6) is 0 Å². The van der Waals surface area contributed by atoms with E-state index in [2.05, 4.69) is 15.3 Å². The number of hydrogen-bond acceptors (Lipinski definition) is 4. The van der Waals surface area contributed by atoms with Crippen LogP contribution in [0.25, 0.3) is 0 Å². The Balaban J connectivity index is 2.22. The van der Waals surface area contributed by atoms with Crippen molar-refractivity contribution in [2.24, 2.45) is 0 Å². The van der Waals surface area contributed by atoms with E-state index in [1.54, 1.807) is 18.3 Å². The molecule has 0 aliphatic rings. The van der Waals surface area contributed by atoms with Crippen molar-refractivity contribution in [1.29, 1.82) is 0 Å². The van der Waals surface area contributed by atoms with Crippen LogP contribution in [-0.2, 0) is 0 Å². The quantitative estimate of drug-likeness (QED) is 0.819. The second-order valence-corrected chi connectivity index (χ2v) is 3.78. The molecule has 0 saturated heterocycles. The minimum Gasteiger partial charge on any atom is -0.353 e. The van der Waals surface area contributed by atoms with E-state index < -0.39 is 0 Å². The molecule has 86 valence electrons. The van der Waals surface area contributed by atoms with Crippen molar-refractivity contribution < 1.29 is 4.79 Å². The lowest BCUT2D eigenvalue weighted by atomic mass is 10.2. The third-order valence-corrected chi connectivity index (χ3v) is 2.43. The number of nitrogens with one attached hydrogen (secondary N) is 1.